The van der Waals surface area contributed by atoms with Crippen LogP contribution < -0.4 is 0 Å². The first kappa shape index (κ1) is 5.06. The highest BCUT2D eigenvalue weighted by atomic mass is 16.5. The average molecular weight is 101 g/mol. The summed E-state index contributed by atoms with van der Waals surface area (Å²) in [6.45, 7) is 0. The van der Waals surface area contributed by atoms with Crippen molar-refractivity contribution >= 4 is 0 Å². The second-order valence-electron chi connectivity index (χ2n) is 1.99. The Morgan fingerprint density at radius 3 is 1.86 bits per heavy atom. The van der Waals surface area contributed by atoms with Crippen molar-refractivity contribution in [2.24, 2.45) is 5.92 Å². The molecule has 2 heteroatoms. The number of rotatable bonds is 1. The summed E-state index contributed by atoms with van der Waals surface area (Å²) in [6, 6.07) is 0. The zero-order valence-corrected chi connectivity index (χ0v) is 4.09. The Balaban J connectivity index is 2.14. The summed E-state index contributed by atoms with van der Waals surface area (Å²) in [5.74, 6) is 0.111. The van der Waals surface area contributed by atoms with Gasteiger partial charge in [0.2, 0.25) is 6.29 Å². The summed E-state index contributed by atoms with van der Waals surface area (Å²) >= 11 is 0. The van der Waals surface area contributed by atoms with Crippen LogP contribution in [0.3, 0.4) is 0 Å². The first-order valence-corrected chi connectivity index (χ1v) is 2.55. The van der Waals surface area contributed by atoms with Crippen LogP contribution in [0.25, 0.3) is 0 Å². The van der Waals surface area contributed by atoms with Gasteiger partial charge in [0.05, 0.1) is 0 Å². The van der Waals surface area contributed by atoms with Crippen LogP contribution in [0.15, 0.2) is 0 Å². The van der Waals surface area contributed by atoms with Crippen LogP contribution in [-0.4, -0.2) is 10.2 Å². The lowest BCUT2D eigenvalue weighted by molar-refractivity contribution is 0.00529. The van der Waals surface area contributed by atoms with Gasteiger partial charge in [-0.05, 0) is 12.8 Å². The minimum atomic E-state index is -0.369. The lowest BCUT2D eigenvalue weighted by atomic mass is 9.85. The zero-order chi connectivity index (χ0) is 5.28. The number of hydrogen-bond donors (Lipinski definition) is 2. The average Bonchev–Trinajstić information content (AvgIpc) is 1.23. The molecule has 1 saturated carbocycles. The van der Waals surface area contributed by atoms with E-state index in [9.17, 15) is 0 Å². The van der Waals surface area contributed by atoms with Crippen LogP contribution >= 0.6 is 0 Å². The molecule has 0 spiro atoms. The molecule has 0 aliphatic heterocycles. The molecule has 41 valence electrons. The molecule has 0 unspecified atom stereocenters. The molecular weight excluding hydrogens is 92.1 g/mol. The fourth-order valence-corrected chi connectivity index (χ4v) is 0.666. The van der Waals surface area contributed by atoms with Crippen molar-refractivity contribution < 1.29 is 10.2 Å². The van der Waals surface area contributed by atoms with Crippen molar-refractivity contribution in [1.29, 1.82) is 0 Å². The largest absolute Gasteiger partial charge is 0.361 e. The Hall–Kier alpha value is -0.0800. The highest BCUT2D eigenvalue weighted by Crippen LogP contribution is 2.31. The molecule has 0 aromatic rings. The van der Waals surface area contributed by atoms with Crippen molar-refractivity contribution in [2.75, 3.05) is 0 Å². The molecule has 0 bridgehead atoms. The normalized spacial score (nSPS) is 22.7. The van der Waals surface area contributed by atoms with Crippen molar-refractivity contribution in [2.45, 2.75) is 19.3 Å². The van der Waals surface area contributed by atoms with E-state index in [2.05, 4.69) is 0 Å². The van der Waals surface area contributed by atoms with E-state index in [1.807, 2.05) is 0 Å². The summed E-state index contributed by atoms with van der Waals surface area (Å²) in [7, 11) is 0. The maximum atomic E-state index is 8.34. The number of aliphatic hydroxyl groups excluding tert-OH is 1. The SMILES string of the molecule is O[C](O)C1CCC1. The molecule has 0 heterocycles. The molecule has 2 N–H and O–H groups in total. The van der Waals surface area contributed by atoms with Crippen LogP contribution in [0.4, 0.5) is 0 Å². The third-order valence-electron chi connectivity index (χ3n) is 1.47. The fourth-order valence-electron chi connectivity index (χ4n) is 0.666. The van der Waals surface area contributed by atoms with Crippen LogP contribution in [-0.2, 0) is 0 Å². The van der Waals surface area contributed by atoms with Gasteiger partial charge in [-0.2, -0.15) is 0 Å². The predicted octanol–water partition coefficient (Wildman–Crippen LogP) is 1.02. The molecule has 1 radical (unpaired) electrons. The Kier molecular flexibility index (Phi) is 1.30. The monoisotopic (exact) mass is 101 g/mol. The third-order valence-corrected chi connectivity index (χ3v) is 1.47. The Bertz CT molecular complexity index is 57.1. The maximum Gasteiger partial charge on any atom is 0.221 e. The number of hydrogen-bond acceptors (Lipinski definition) is 2. The maximum absolute atomic E-state index is 8.34. The van der Waals surface area contributed by atoms with Gasteiger partial charge < -0.3 is 10.2 Å². The van der Waals surface area contributed by atoms with Crippen LogP contribution in [0.2, 0.25) is 0 Å². The molecule has 0 atom stereocenters. The predicted molar refractivity (Wildman–Crippen MR) is 24.5 cm³/mol. The quantitative estimate of drug-likeness (QED) is 0.517. The topological polar surface area (TPSA) is 40.5 Å². The zero-order valence-electron chi connectivity index (χ0n) is 4.09. The number of aliphatic hydroxyl groups is 2. The second kappa shape index (κ2) is 1.80. The van der Waals surface area contributed by atoms with Gasteiger partial charge in [0.25, 0.3) is 0 Å². The van der Waals surface area contributed by atoms with Gasteiger partial charge in [-0.15, -0.1) is 0 Å². The van der Waals surface area contributed by atoms with E-state index in [0.29, 0.717) is 0 Å². The molecule has 1 rings (SSSR count). The first-order chi connectivity index (χ1) is 3.30. The summed E-state index contributed by atoms with van der Waals surface area (Å²) in [6.07, 6.45) is 2.70. The molecule has 0 amide bonds. The van der Waals surface area contributed by atoms with E-state index in [1.54, 1.807) is 0 Å². The van der Waals surface area contributed by atoms with Gasteiger partial charge in [-0.1, -0.05) is 6.42 Å². The van der Waals surface area contributed by atoms with E-state index < -0.39 is 0 Å². The minimum Gasteiger partial charge on any atom is -0.361 e. The standard InChI is InChI=1S/C5H9O2/c6-5(7)4-2-1-3-4/h4,6-7H,1-3H2. The van der Waals surface area contributed by atoms with E-state index in [4.69, 9.17) is 10.2 Å². The molecule has 0 saturated heterocycles. The summed E-state index contributed by atoms with van der Waals surface area (Å²) < 4.78 is 0. The molecule has 1 aliphatic carbocycles. The summed E-state index contributed by atoms with van der Waals surface area (Å²) in [5.41, 5.74) is 0. The van der Waals surface area contributed by atoms with Gasteiger partial charge in [-0.3, -0.25) is 0 Å². The second-order valence-corrected chi connectivity index (χ2v) is 1.99. The highest BCUT2D eigenvalue weighted by molar-refractivity contribution is 4.80. The van der Waals surface area contributed by atoms with Crippen molar-refractivity contribution in [3.8, 4) is 0 Å². The lowest BCUT2D eigenvalue weighted by Crippen LogP contribution is -2.18. The molecule has 7 heavy (non-hydrogen) atoms. The van der Waals surface area contributed by atoms with Gasteiger partial charge in [-0.25, -0.2) is 0 Å². The van der Waals surface area contributed by atoms with Crippen molar-refractivity contribution in [3.63, 3.8) is 0 Å². The molecule has 0 aromatic carbocycles. The lowest BCUT2D eigenvalue weighted by Gasteiger charge is -2.24. The Labute approximate surface area is 42.8 Å². The van der Waals surface area contributed by atoms with Gasteiger partial charge in [0.15, 0.2) is 0 Å². The highest BCUT2D eigenvalue weighted by Gasteiger charge is 2.24. The Morgan fingerprint density at radius 1 is 1.29 bits per heavy atom. The summed E-state index contributed by atoms with van der Waals surface area (Å²) in [4.78, 5) is 0. The molecule has 1 fully saturated rings. The fraction of sp³-hybridized carbons (Fsp3) is 0.800. The van der Waals surface area contributed by atoms with E-state index >= 15 is 0 Å². The van der Waals surface area contributed by atoms with E-state index in [-0.39, 0.29) is 12.2 Å². The third kappa shape index (κ3) is 0.924. The summed E-state index contributed by atoms with van der Waals surface area (Å²) in [5, 5.41) is 16.7. The van der Waals surface area contributed by atoms with Crippen LogP contribution in [0.1, 0.15) is 19.3 Å². The minimum absolute atomic E-state index is 0.111. The van der Waals surface area contributed by atoms with Crippen LogP contribution in [0.5, 0.6) is 0 Å². The van der Waals surface area contributed by atoms with E-state index in [1.165, 1.54) is 0 Å². The molecular formula is C5H9O2. The molecule has 2 nitrogen and oxygen atoms in total. The van der Waals surface area contributed by atoms with Crippen LogP contribution in [0, 0.1) is 12.2 Å². The van der Waals surface area contributed by atoms with Gasteiger partial charge >= 0.3 is 0 Å². The van der Waals surface area contributed by atoms with Crippen molar-refractivity contribution in [1.82, 2.24) is 0 Å². The van der Waals surface area contributed by atoms with Crippen molar-refractivity contribution in [3.05, 3.63) is 6.29 Å². The van der Waals surface area contributed by atoms with Gasteiger partial charge in [0, 0.05) is 5.92 Å². The smallest absolute Gasteiger partial charge is 0.221 e. The Morgan fingerprint density at radius 2 is 1.86 bits per heavy atom. The van der Waals surface area contributed by atoms with E-state index in [0.717, 1.165) is 19.3 Å². The van der Waals surface area contributed by atoms with Gasteiger partial charge in [0.1, 0.15) is 0 Å². The first-order valence-electron chi connectivity index (χ1n) is 2.55. The molecule has 1 aliphatic rings. The molecule has 0 aromatic heterocycles.